The molecular weight excluding hydrogens is 310 g/mol. The Labute approximate surface area is 141 Å². The van der Waals surface area contributed by atoms with E-state index in [1.807, 2.05) is 31.2 Å². The fourth-order valence-electron chi connectivity index (χ4n) is 2.46. The zero-order valence-electron chi connectivity index (χ0n) is 13.7. The lowest BCUT2D eigenvalue weighted by Gasteiger charge is -2.24. The van der Waals surface area contributed by atoms with E-state index in [0.717, 1.165) is 24.1 Å². The summed E-state index contributed by atoms with van der Waals surface area (Å²) in [6.45, 7) is 3.17. The molecule has 1 heterocycles. The van der Waals surface area contributed by atoms with Crippen LogP contribution in [0.5, 0.6) is 0 Å². The number of ether oxygens (including phenoxy) is 2. The van der Waals surface area contributed by atoms with Gasteiger partial charge in [-0.05, 0) is 37.5 Å². The first-order valence-corrected chi connectivity index (χ1v) is 8.29. The summed E-state index contributed by atoms with van der Waals surface area (Å²) in [7, 11) is 0. The number of amides is 3. The molecule has 130 valence electrons. The summed E-state index contributed by atoms with van der Waals surface area (Å²) in [6, 6.07) is 7.41. The molecule has 0 aromatic heterocycles. The second-order valence-electron chi connectivity index (χ2n) is 6.16. The van der Waals surface area contributed by atoms with Crippen molar-refractivity contribution in [2.75, 3.05) is 25.1 Å². The number of hydrogen-bond donors (Lipinski definition) is 3. The molecule has 1 saturated carbocycles. The summed E-state index contributed by atoms with van der Waals surface area (Å²) in [6.07, 6.45) is 1.56. The van der Waals surface area contributed by atoms with E-state index in [1.165, 1.54) is 0 Å². The second-order valence-corrected chi connectivity index (χ2v) is 6.16. The van der Waals surface area contributed by atoms with Crippen molar-refractivity contribution in [1.82, 2.24) is 10.6 Å². The monoisotopic (exact) mass is 333 g/mol. The van der Waals surface area contributed by atoms with Gasteiger partial charge in [0.15, 0.2) is 6.10 Å². The van der Waals surface area contributed by atoms with Crippen LogP contribution in [-0.2, 0) is 14.3 Å². The Morgan fingerprint density at radius 2 is 1.92 bits per heavy atom. The van der Waals surface area contributed by atoms with E-state index in [-0.39, 0.29) is 24.6 Å². The summed E-state index contributed by atoms with van der Waals surface area (Å²) >= 11 is 0. The minimum absolute atomic E-state index is 0.155. The molecule has 3 rings (SSSR count). The Balaban J connectivity index is 1.50. The minimum Gasteiger partial charge on any atom is -0.376 e. The highest BCUT2D eigenvalue weighted by molar-refractivity contribution is 5.89. The van der Waals surface area contributed by atoms with Gasteiger partial charge >= 0.3 is 6.03 Å². The van der Waals surface area contributed by atoms with Gasteiger partial charge in [-0.2, -0.15) is 0 Å². The van der Waals surface area contributed by atoms with Gasteiger partial charge in [0.2, 0.25) is 0 Å². The van der Waals surface area contributed by atoms with E-state index in [1.54, 1.807) is 0 Å². The van der Waals surface area contributed by atoms with Crippen molar-refractivity contribution in [1.29, 1.82) is 0 Å². The molecule has 24 heavy (non-hydrogen) atoms. The lowest BCUT2D eigenvalue weighted by molar-refractivity contribution is -0.148. The van der Waals surface area contributed by atoms with Gasteiger partial charge in [0.05, 0.1) is 25.9 Å². The molecule has 2 atom stereocenters. The predicted molar refractivity (Wildman–Crippen MR) is 88.7 cm³/mol. The lowest BCUT2D eigenvalue weighted by atomic mass is 10.1. The predicted octanol–water partition coefficient (Wildman–Crippen LogP) is 1.56. The van der Waals surface area contributed by atoms with Gasteiger partial charge in [0.25, 0.3) is 5.91 Å². The maximum Gasteiger partial charge on any atom is 0.319 e. The number of anilines is 1. The van der Waals surface area contributed by atoms with Crippen LogP contribution in [0.2, 0.25) is 0 Å². The van der Waals surface area contributed by atoms with Crippen molar-refractivity contribution in [3.05, 3.63) is 29.8 Å². The van der Waals surface area contributed by atoms with Crippen LogP contribution in [0.15, 0.2) is 24.3 Å². The van der Waals surface area contributed by atoms with Gasteiger partial charge in [0, 0.05) is 11.7 Å². The Morgan fingerprint density at radius 1 is 1.17 bits per heavy atom. The van der Waals surface area contributed by atoms with Crippen LogP contribution in [0.3, 0.4) is 0 Å². The smallest absolute Gasteiger partial charge is 0.319 e. The summed E-state index contributed by atoms with van der Waals surface area (Å²) in [5, 5.41) is 8.58. The number of nitrogens with one attached hydrogen (secondary N) is 3. The van der Waals surface area contributed by atoms with Crippen molar-refractivity contribution in [3.63, 3.8) is 0 Å². The van der Waals surface area contributed by atoms with E-state index < -0.39 is 6.10 Å². The van der Waals surface area contributed by atoms with Gasteiger partial charge in [-0.15, -0.1) is 0 Å². The molecule has 2 fully saturated rings. The molecule has 7 heteroatoms. The van der Waals surface area contributed by atoms with E-state index in [4.69, 9.17) is 9.47 Å². The van der Waals surface area contributed by atoms with Crippen molar-refractivity contribution < 1.29 is 19.1 Å². The number of hydrogen-bond acceptors (Lipinski definition) is 4. The number of urea groups is 1. The zero-order valence-corrected chi connectivity index (χ0v) is 13.7. The molecule has 0 radical (unpaired) electrons. The third-order valence-electron chi connectivity index (χ3n) is 4.05. The molecule has 7 nitrogen and oxygen atoms in total. The molecule has 0 spiro atoms. The first-order valence-electron chi connectivity index (χ1n) is 8.29. The molecule has 1 aromatic carbocycles. The highest BCUT2D eigenvalue weighted by atomic mass is 16.6. The largest absolute Gasteiger partial charge is 0.376 e. The maximum absolute atomic E-state index is 12.1. The van der Waals surface area contributed by atoms with Crippen LogP contribution in [0, 0.1) is 0 Å². The van der Waals surface area contributed by atoms with Crippen molar-refractivity contribution in [2.24, 2.45) is 0 Å². The number of carbonyl (C=O) groups excluding carboxylic acids is 2. The number of benzene rings is 1. The molecule has 2 aliphatic rings. The quantitative estimate of drug-likeness (QED) is 0.763. The standard InChI is InChI=1S/C17H23N3O4/c1-11(18-16(21)15-10-23-8-9-24-15)12-2-4-13(5-3-12)19-17(22)20-14-6-7-14/h2-5,11,14-15H,6-10H2,1H3,(H,18,21)(H2,19,20,22)/t11-,15-/m0/s1. The molecule has 1 aromatic rings. The topological polar surface area (TPSA) is 88.7 Å². The van der Waals surface area contributed by atoms with E-state index in [0.29, 0.717) is 19.3 Å². The van der Waals surface area contributed by atoms with Crippen LogP contribution in [0.4, 0.5) is 10.5 Å². The van der Waals surface area contributed by atoms with Crippen LogP contribution in [-0.4, -0.2) is 43.9 Å². The van der Waals surface area contributed by atoms with Gasteiger partial charge in [-0.3, -0.25) is 4.79 Å². The van der Waals surface area contributed by atoms with Gasteiger partial charge in [-0.1, -0.05) is 12.1 Å². The molecule has 1 aliphatic heterocycles. The Hall–Kier alpha value is -2.12. The van der Waals surface area contributed by atoms with Crippen LogP contribution in [0.25, 0.3) is 0 Å². The van der Waals surface area contributed by atoms with E-state index in [2.05, 4.69) is 16.0 Å². The SMILES string of the molecule is C[C@H](NC(=O)[C@@H]1COCCO1)c1ccc(NC(=O)NC2CC2)cc1. The van der Waals surface area contributed by atoms with Crippen molar-refractivity contribution >= 4 is 17.6 Å². The van der Waals surface area contributed by atoms with Crippen LogP contribution < -0.4 is 16.0 Å². The Morgan fingerprint density at radius 3 is 2.54 bits per heavy atom. The average Bonchev–Trinajstić information content (AvgIpc) is 3.40. The second kappa shape index (κ2) is 7.63. The Kier molecular flexibility index (Phi) is 5.32. The normalized spacial score (nSPS) is 21.6. The molecular formula is C17H23N3O4. The molecule has 0 bridgehead atoms. The van der Waals surface area contributed by atoms with Crippen LogP contribution in [0.1, 0.15) is 31.4 Å². The molecule has 0 unspecified atom stereocenters. The van der Waals surface area contributed by atoms with E-state index in [9.17, 15) is 9.59 Å². The molecule has 3 amide bonds. The van der Waals surface area contributed by atoms with Gasteiger partial charge in [0.1, 0.15) is 0 Å². The summed E-state index contributed by atoms with van der Waals surface area (Å²) in [5.41, 5.74) is 1.67. The highest BCUT2D eigenvalue weighted by Crippen LogP contribution is 2.20. The first-order chi connectivity index (χ1) is 11.6. The third-order valence-corrected chi connectivity index (χ3v) is 4.05. The Bertz CT molecular complexity index is 580. The number of rotatable bonds is 5. The minimum atomic E-state index is -0.548. The lowest BCUT2D eigenvalue weighted by Crippen LogP contribution is -2.43. The highest BCUT2D eigenvalue weighted by Gasteiger charge is 2.24. The number of carbonyl (C=O) groups is 2. The maximum atomic E-state index is 12.1. The van der Waals surface area contributed by atoms with Crippen molar-refractivity contribution in [3.8, 4) is 0 Å². The average molecular weight is 333 g/mol. The fourth-order valence-corrected chi connectivity index (χ4v) is 2.46. The van der Waals surface area contributed by atoms with Gasteiger partial charge in [-0.25, -0.2) is 4.79 Å². The third kappa shape index (κ3) is 4.69. The first kappa shape index (κ1) is 16.7. The molecule has 3 N–H and O–H groups in total. The van der Waals surface area contributed by atoms with E-state index >= 15 is 0 Å². The summed E-state index contributed by atoms with van der Waals surface area (Å²) < 4.78 is 10.6. The summed E-state index contributed by atoms with van der Waals surface area (Å²) in [4.78, 5) is 23.8. The fraction of sp³-hybridized carbons (Fsp3) is 0.529. The zero-order chi connectivity index (χ0) is 16.9. The van der Waals surface area contributed by atoms with Gasteiger partial charge < -0.3 is 25.4 Å². The molecule has 1 saturated heterocycles. The summed E-state index contributed by atoms with van der Waals surface area (Å²) in [5.74, 6) is -0.173. The van der Waals surface area contributed by atoms with Crippen LogP contribution >= 0.6 is 0 Å². The van der Waals surface area contributed by atoms with Crippen molar-refractivity contribution in [2.45, 2.75) is 38.0 Å². The molecule has 1 aliphatic carbocycles.